The molecule has 0 amide bonds. The van der Waals surface area contributed by atoms with Gasteiger partial charge in [0.1, 0.15) is 18.1 Å². The molecular weight excluding hydrogens is 360 g/mol. The first-order chi connectivity index (χ1) is 13.2. The van der Waals surface area contributed by atoms with Crippen LogP contribution < -0.4 is 9.47 Å². The second kappa shape index (κ2) is 9.06. The van der Waals surface area contributed by atoms with Crippen LogP contribution in [0.3, 0.4) is 0 Å². The van der Waals surface area contributed by atoms with E-state index in [1.807, 2.05) is 48.5 Å². The molecule has 27 heavy (non-hydrogen) atoms. The third-order valence-corrected chi connectivity index (χ3v) is 4.25. The highest BCUT2D eigenvalue weighted by atomic mass is 35.5. The fourth-order valence-corrected chi connectivity index (χ4v) is 2.70. The predicted octanol–water partition coefficient (Wildman–Crippen LogP) is 5.82. The van der Waals surface area contributed by atoms with E-state index >= 15 is 0 Å². The van der Waals surface area contributed by atoms with Crippen molar-refractivity contribution in [3.05, 3.63) is 101 Å². The van der Waals surface area contributed by atoms with Crippen LogP contribution >= 0.6 is 11.6 Å². The van der Waals surface area contributed by atoms with Crippen LogP contribution in [0.5, 0.6) is 11.5 Å². The van der Waals surface area contributed by atoms with Crippen molar-refractivity contribution in [2.24, 2.45) is 0 Å². The van der Waals surface area contributed by atoms with E-state index in [9.17, 15) is 4.79 Å². The van der Waals surface area contributed by atoms with Crippen molar-refractivity contribution in [2.75, 3.05) is 7.11 Å². The maximum atomic E-state index is 12.3. The number of rotatable bonds is 7. The number of carbonyl (C=O) groups excluding carboxylic acids is 1. The van der Waals surface area contributed by atoms with Gasteiger partial charge in [-0.3, -0.25) is 4.79 Å². The number of carbonyl (C=O) groups is 1. The van der Waals surface area contributed by atoms with E-state index < -0.39 is 0 Å². The number of ketones is 1. The molecule has 4 heteroatoms. The lowest BCUT2D eigenvalue weighted by atomic mass is 10.1. The Morgan fingerprint density at radius 1 is 1.00 bits per heavy atom. The van der Waals surface area contributed by atoms with Crippen LogP contribution in [0.25, 0.3) is 6.08 Å². The molecule has 0 unspecified atom stereocenters. The second-order valence-corrected chi connectivity index (χ2v) is 6.31. The molecule has 0 atom stereocenters. The van der Waals surface area contributed by atoms with Crippen LogP contribution in [0.15, 0.2) is 78.9 Å². The van der Waals surface area contributed by atoms with Crippen LogP contribution in [0, 0.1) is 0 Å². The number of hydrogen-bond donors (Lipinski definition) is 0. The van der Waals surface area contributed by atoms with E-state index in [1.165, 1.54) is 0 Å². The topological polar surface area (TPSA) is 35.5 Å². The molecule has 3 nitrogen and oxygen atoms in total. The maximum absolute atomic E-state index is 12.3. The molecule has 0 saturated heterocycles. The molecule has 3 rings (SSSR count). The summed E-state index contributed by atoms with van der Waals surface area (Å²) in [6.07, 6.45) is 3.33. The van der Waals surface area contributed by atoms with Crippen molar-refractivity contribution < 1.29 is 14.3 Å². The highest BCUT2D eigenvalue weighted by molar-refractivity contribution is 6.30. The summed E-state index contributed by atoms with van der Waals surface area (Å²) in [5.41, 5.74) is 2.39. The first kappa shape index (κ1) is 18.7. The number of para-hydroxylation sites is 1. The van der Waals surface area contributed by atoms with Gasteiger partial charge < -0.3 is 9.47 Å². The van der Waals surface area contributed by atoms with Gasteiger partial charge in [-0.25, -0.2) is 0 Å². The Morgan fingerprint density at radius 2 is 1.74 bits per heavy atom. The van der Waals surface area contributed by atoms with Gasteiger partial charge in [-0.05, 0) is 60.2 Å². The summed E-state index contributed by atoms with van der Waals surface area (Å²) in [5, 5.41) is 0.605. The predicted molar refractivity (Wildman–Crippen MR) is 109 cm³/mol. The minimum atomic E-state index is -0.0791. The van der Waals surface area contributed by atoms with E-state index in [0.29, 0.717) is 17.2 Å². The molecule has 0 aromatic heterocycles. The number of halogens is 1. The monoisotopic (exact) mass is 378 g/mol. The van der Waals surface area contributed by atoms with Gasteiger partial charge in [-0.2, -0.15) is 0 Å². The maximum Gasteiger partial charge on any atom is 0.185 e. The smallest absolute Gasteiger partial charge is 0.185 e. The average Bonchev–Trinajstić information content (AvgIpc) is 2.71. The van der Waals surface area contributed by atoms with Crippen molar-refractivity contribution >= 4 is 23.5 Å². The SMILES string of the molecule is COc1ccc(/C=C/C(=O)c2ccc(Cl)cc2)cc1COc1ccccc1. The van der Waals surface area contributed by atoms with E-state index in [1.54, 1.807) is 43.5 Å². The Balaban J connectivity index is 1.73. The Hall–Kier alpha value is -3.04. The summed E-state index contributed by atoms with van der Waals surface area (Å²) >= 11 is 5.86. The van der Waals surface area contributed by atoms with Crippen molar-refractivity contribution in [3.63, 3.8) is 0 Å². The summed E-state index contributed by atoms with van der Waals surface area (Å²) in [6.45, 7) is 0.375. The summed E-state index contributed by atoms with van der Waals surface area (Å²) in [5.74, 6) is 1.45. The normalized spacial score (nSPS) is 10.7. The number of allylic oxidation sites excluding steroid dienone is 1. The first-order valence-corrected chi connectivity index (χ1v) is 8.86. The summed E-state index contributed by atoms with van der Waals surface area (Å²) < 4.78 is 11.2. The molecule has 0 fully saturated rings. The van der Waals surface area contributed by atoms with Crippen molar-refractivity contribution in [1.29, 1.82) is 0 Å². The van der Waals surface area contributed by atoms with E-state index in [2.05, 4.69) is 0 Å². The van der Waals surface area contributed by atoms with Crippen molar-refractivity contribution in [3.8, 4) is 11.5 Å². The van der Waals surface area contributed by atoms with Crippen molar-refractivity contribution in [1.82, 2.24) is 0 Å². The molecule has 0 heterocycles. The van der Waals surface area contributed by atoms with Crippen LogP contribution in [-0.4, -0.2) is 12.9 Å². The summed E-state index contributed by atoms with van der Waals surface area (Å²) in [7, 11) is 1.63. The third-order valence-electron chi connectivity index (χ3n) is 4.00. The van der Waals surface area contributed by atoms with Gasteiger partial charge >= 0.3 is 0 Å². The highest BCUT2D eigenvalue weighted by Gasteiger charge is 2.06. The average molecular weight is 379 g/mol. The lowest BCUT2D eigenvalue weighted by Crippen LogP contribution is -1.99. The molecule has 136 valence electrons. The molecule has 0 bridgehead atoms. The zero-order chi connectivity index (χ0) is 19.1. The molecule has 0 aliphatic carbocycles. The Kier molecular flexibility index (Phi) is 6.29. The second-order valence-electron chi connectivity index (χ2n) is 5.88. The first-order valence-electron chi connectivity index (χ1n) is 8.48. The molecule has 3 aromatic carbocycles. The lowest BCUT2D eigenvalue weighted by molar-refractivity contribution is 0.104. The Labute approximate surface area is 163 Å². The minimum absolute atomic E-state index is 0.0791. The van der Waals surface area contributed by atoms with Crippen molar-refractivity contribution in [2.45, 2.75) is 6.61 Å². The fourth-order valence-electron chi connectivity index (χ4n) is 2.58. The molecule has 0 aliphatic heterocycles. The molecular formula is C23H19ClO3. The van der Waals surface area contributed by atoms with Gasteiger partial charge in [0.05, 0.1) is 7.11 Å². The largest absolute Gasteiger partial charge is 0.496 e. The molecule has 0 N–H and O–H groups in total. The minimum Gasteiger partial charge on any atom is -0.496 e. The third kappa shape index (κ3) is 5.22. The van der Waals surface area contributed by atoms with Gasteiger partial charge in [0.25, 0.3) is 0 Å². The molecule has 0 radical (unpaired) electrons. The van der Waals surface area contributed by atoms with Gasteiger partial charge in [-0.15, -0.1) is 0 Å². The zero-order valence-electron chi connectivity index (χ0n) is 14.9. The number of ether oxygens (including phenoxy) is 2. The highest BCUT2D eigenvalue weighted by Crippen LogP contribution is 2.23. The van der Waals surface area contributed by atoms with Gasteiger partial charge in [0, 0.05) is 16.1 Å². The number of hydrogen-bond acceptors (Lipinski definition) is 3. The van der Waals surface area contributed by atoms with Crippen LogP contribution in [0.2, 0.25) is 5.02 Å². The van der Waals surface area contributed by atoms with Gasteiger partial charge in [-0.1, -0.05) is 41.9 Å². The lowest BCUT2D eigenvalue weighted by Gasteiger charge is -2.11. The van der Waals surface area contributed by atoms with Gasteiger partial charge in [0.2, 0.25) is 0 Å². The van der Waals surface area contributed by atoms with Crippen LogP contribution in [0.1, 0.15) is 21.5 Å². The van der Waals surface area contributed by atoms with E-state index in [4.69, 9.17) is 21.1 Å². The summed E-state index contributed by atoms with van der Waals surface area (Å²) in [6, 6.07) is 22.1. The molecule has 0 saturated carbocycles. The number of methoxy groups -OCH3 is 1. The zero-order valence-corrected chi connectivity index (χ0v) is 15.6. The van der Waals surface area contributed by atoms with E-state index in [-0.39, 0.29) is 5.78 Å². The fraction of sp³-hybridized carbons (Fsp3) is 0.0870. The quantitative estimate of drug-likeness (QED) is 0.383. The van der Waals surface area contributed by atoms with Crippen LogP contribution in [-0.2, 0) is 6.61 Å². The Morgan fingerprint density at radius 3 is 2.44 bits per heavy atom. The molecule has 3 aromatic rings. The molecule has 0 aliphatic rings. The standard InChI is InChI=1S/C23H19ClO3/c1-26-23-14-8-17(7-13-22(25)18-9-11-20(24)12-10-18)15-19(23)16-27-21-5-3-2-4-6-21/h2-15H,16H2,1H3/b13-7+. The Bertz CT molecular complexity index is 932. The van der Waals surface area contributed by atoms with Crippen LogP contribution in [0.4, 0.5) is 0 Å². The van der Waals surface area contributed by atoms with E-state index in [0.717, 1.165) is 22.6 Å². The van der Waals surface area contributed by atoms with Gasteiger partial charge in [0.15, 0.2) is 5.78 Å². The molecule has 0 spiro atoms. The summed E-state index contributed by atoms with van der Waals surface area (Å²) in [4.78, 5) is 12.3. The number of benzene rings is 3.